The van der Waals surface area contributed by atoms with E-state index >= 15 is 0 Å². The fourth-order valence-corrected chi connectivity index (χ4v) is 11.5. The van der Waals surface area contributed by atoms with Gasteiger partial charge < -0.3 is 20.3 Å². The van der Waals surface area contributed by atoms with Crippen LogP contribution in [0.1, 0.15) is 412 Å². The summed E-state index contributed by atoms with van der Waals surface area (Å²) in [6.07, 6.45) is 80.1. The number of carbonyl (C=O) groups is 2. The first-order valence-corrected chi connectivity index (χ1v) is 35.3. The van der Waals surface area contributed by atoms with Crippen molar-refractivity contribution in [1.29, 1.82) is 0 Å². The number of aliphatic hydroxyl groups excluding tert-OH is 2. The Hall–Kier alpha value is -1.14. The van der Waals surface area contributed by atoms with Crippen LogP contribution in [0.15, 0.2) is 0 Å². The van der Waals surface area contributed by atoms with Crippen LogP contribution in [0.3, 0.4) is 0 Å². The molecule has 0 aliphatic heterocycles. The van der Waals surface area contributed by atoms with Gasteiger partial charge in [-0.15, -0.1) is 0 Å². The van der Waals surface area contributed by atoms with Crippen molar-refractivity contribution in [1.82, 2.24) is 5.32 Å². The van der Waals surface area contributed by atoms with E-state index in [-0.39, 0.29) is 18.5 Å². The molecule has 2 unspecified atom stereocenters. The van der Waals surface area contributed by atoms with E-state index in [1.54, 1.807) is 0 Å². The van der Waals surface area contributed by atoms with Gasteiger partial charge in [0, 0.05) is 12.8 Å². The largest absolute Gasteiger partial charge is 0.466 e. The highest BCUT2D eigenvalue weighted by atomic mass is 16.5. The normalized spacial score (nSPS) is 12.4. The Balaban J connectivity index is 3.32. The van der Waals surface area contributed by atoms with E-state index in [1.807, 2.05) is 0 Å². The lowest BCUT2D eigenvalue weighted by atomic mass is 10.0. The average molecular weight is 1070 g/mol. The maximum Gasteiger partial charge on any atom is 0.305 e. The Morgan fingerprint density at radius 2 is 0.539 bits per heavy atom. The van der Waals surface area contributed by atoms with Crippen LogP contribution >= 0.6 is 0 Å². The first-order valence-electron chi connectivity index (χ1n) is 35.3. The fraction of sp³-hybridized carbons (Fsp3) is 0.971. The van der Waals surface area contributed by atoms with E-state index < -0.39 is 12.1 Å². The highest BCUT2D eigenvalue weighted by Crippen LogP contribution is 2.20. The van der Waals surface area contributed by atoms with E-state index in [2.05, 4.69) is 19.2 Å². The van der Waals surface area contributed by atoms with Gasteiger partial charge in [-0.3, -0.25) is 9.59 Å². The molecule has 0 aromatic heterocycles. The molecule has 0 bridgehead atoms. The number of unbranched alkanes of at least 4 members (excludes halogenated alkanes) is 56. The van der Waals surface area contributed by atoms with Gasteiger partial charge in [-0.05, 0) is 25.7 Å². The predicted molar refractivity (Wildman–Crippen MR) is 334 cm³/mol. The Labute approximate surface area is 476 Å². The Kier molecular flexibility index (Phi) is 65.4. The van der Waals surface area contributed by atoms with Crippen LogP contribution in [-0.2, 0) is 14.3 Å². The lowest BCUT2D eigenvalue weighted by Gasteiger charge is -2.22. The van der Waals surface area contributed by atoms with E-state index in [9.17, 15) is 19.8 Å². The molecule has 0 saturated carbocycles. The van der Waals surface area contributed by atoms with Gasteiger partial charge in [0.1, 0.15) is 0 Å². The first kappa shape index (κ1) is 74.9. The molecule has 3 N–H and O–H groups in total. The van der Waals surface area contributed by atoms with Crippen molar-refractivity contribution in [2.24, 2.45) is 0 Å². The quantitative estimate of drug-likeness (QED) is 0.0417. The number of esters is 1. The third-order valence-electron chi connectivity index (χ3n) is 16.9. The monoisotopic (exact) mass is 1070 g/mol. The minimum atomic E-state index is -0.661. The maximum atomic E-state index is 12.5. The third-order valence-corrected chi connectivity index (χ3v) is 16.9. The number of hydrogen-bond donors (Lipinski definition) is 3. The molecule has 0 aromatic carbocycles. The Morgan fingerprint density at radius 3 is 0.803 bits per heavy atom. The SMILES string of the molecule is CCCCCCCCCCCCCCCCCCCC(O)C(CO)NC(=O)CCCCCCCCCCCCCCCCCCCCCCCCCCCCCCCOC(=O)CCCCCCCCCCCCCCC. The predicted octanol–water partition coefficient (Wildman–Crippen LogP) is 22.6. The number of carbonyl (C=O) groups excluding carboxylic acids is 2. The van der Waals surface area contributed by atoms with Gasteiger partial charge in [-0.2, -0.15) is 0 Å². The zero-order chi connectivity index (χ0) is 55.0. The molecular weight excluding hydrogens is 935 g/mol. The van der Waals surface area contributed by atoms with Gasteiger partial charge in [0.05, 0.1) is 25.4 Å². The van der Waals surface area contributed by atoms with E-state index in [4.69, 9.17) is 4.74 Å². The molecule has 6 heteroatoms. The van der Waals surface area contributed by atoms with Crippen molar-refractivity contribution in [3.05, 3.63) is 0 Å². The molecule has 454 valence electrons. The van der Waals surface area contributed by atoms with E-state index in [1.165, 1.54) is 340 Å². The van der Waals surface area contributed by atoms with Crippen LogP contribution in [0.4, 0.5) is 0 Å². The summed E-state index contributed by atoms with van der Waals surface area (Å²) in [5.74, 6) is -0.00474. The standard InChI is InChI=1S/C70H139NO5/c1-3-5-7-9-11-13-15-17-18-32-35-39-42-46-50-54-58-62-68(73)67(66-72)71-69(74)63-59-55-51-47-43-40-36-33-30-28-26-24-22-20-19-21-23-25-27-29-31-34-37-41-45-49-53-57-61-65-76-70(75)64-60-56-52-48-44-38-16-14-12-10-8-6-4-2/h67-68,72-73H,3-66H2,1-2H3,(H,71,74). The molecule has 0 aromatic rings. The van der Waals surface area contributed by atoms with Crippen LogP contribution in [0.25, 0.3) is 0 Å². The smallest absolute Gasteiger partial charge is 0.305 e. The summed E-state index contributed by atoms with van der Waals surface area (Å²) in [6.45, 7) is 5.00. The number of aliphatic hydroxyl groups is 2. The molecule has 6 nitrogen and oxygen atoms in total. The molecule has 1 amide bonds. The summed E-state index contributed by atoms with van der Waals surface area (Å²) in [6, 6.07) is -0.538. The zero-order valence-electron chi connectivity index (χ0n) is 52.0. The van der Waals surface area contributed by atoms with Gasteiger partial charge in [0.25, 0.3) is 0 Å². The molecule has 0 spiro atoms. The Morgan fingerprint density at radius 1 is 0.316 bits per heavy atom. The summed E-state index contributed by atoms with van der Waals surface area (Å²) in [7, 11) is 0. The Bertz CT molecular complexity index is 1100. The number of nitrogens with one attached hydrogen (secondary N) is 1. The first-order chi connectivity index (χ1) is 37.5. The van der Waals surface area contributed by atoms with Gasteiger partial charge >= 0.3 is 5.97 Å². The molecule has 2 atom stereocenters. The lowest BCUT2D eigenvalue weighted by Crippen LogP contribution is -2.45. The number of amides is 1. The molecule has 0 aliphatic carbocycles. The molecule has 0 radical (unpaired) electrons. The summed E-state index contributed by atoms with van der Waals surface area (Å²) < 4.78 is 5.49. The topological polar surface area (TPSA) is 95.9 Å². The molecule has 0 fully saturated rings. The van der Waals surface area contributed by atoms with Crippen LogP contribution < -0.4 is 5.32 Å². The van der Waals surface area contributed by atoms with Crippen molar-refractivity contribution in [2.45, 2.75) is 424 Å². The van der Waals surface area contributed by atoms with Crippen molar-refractivity contribution in [3.63, 3.8) is 0 Å². The summed E-state index contributed by atoms with van der Waals surface area (Å²) in [5, 5.41) is 23.4. The fourth-order valence-electron chi connectivity index (χ4n) is 11.5. The average Bonchev–Trinajstić information content (AvgIpc) is 3.42. The number of rotatable bonds is 67. The van der Waals surface area contributed by atoms with Crippen molar-refractivity contribution < 1.29 is 24.5 Å². The molecule has 0 saturated heterocycles. The van der Waals surface area contributed by atoms with Crippen LogP contribution in [0.5, 0.6) is 0 Å². The summed E-state index contributed by atoms with van der Waals surface area (Å²) >= 11 is 0. The summed E-state index contributed by atoms with van der Waals surface area (Å²) in [5.41, 5.74) is 0. The second-order valence-corrected chi connectivity index (χ2v) is 24.6. The summed E-state index contributed by atoms with van der Waals surface area (Å²) in [4.78, 5) is 24.6. The van der Waals surface area contributed by atoms with Gasteiger partial charge in [-0.25, -0.2) is 0 Å². The molecular formula is C70H139NO5. The van der Waals surface area contributed by atoms with Gasteiger partial charge in [0.15, 0.2) is 0 Å². The van der Waals surface area contributed by atoms with Crippen molar-refractivity contribution >= 4 is 11.9 Å². The van der Waals surface area contributed by atoms with Crippen LogP contribution in [0, 0.1) is 0 Å². The van der Waals surface area contributed by atoms with E-state index in [0.717, 1.165) is 38.5 Å². The number of hydrogen-bond acceptors (Lipinski definition) is 5. The second-order valence-electron chi connectivity index (χ2n) is 24.6. The van der Waals surface area contributed by atoms with Crippen LogP contribution in [-0.4, -0.2) is 47.4 Å². The lowest BCUT2D eigenvalue weighted by molar-refractivity contribution is -0.143. The highest BCUT2D eigenvalue weighted by Gasteiger charge is 2.20. The van der Waals surface area contributed by atoms with Gasteiger partial charge in [-0.1, -0.05) is 373 Å². The number of ether oxygens (including phenoxy) is 1. The minimum Gasteiger partial charge on any atom is -0.466 e. The highest BCUT2D eigenvalue weighted by molar-refractivity contribution is 5.76. The van der Waals surface area contributed by atoms with Crippen LogP contribution in [0.2, 0.25) is 0 Å². The van der Waals surface area contributed by atoms with Crippen molar-refractivity contribution in [2.75, 3.05) is 13.2 Å². The van der Waals surface area contributed by atoms with Crippen molar-refractivity contribution in [3.8, 4) is 0 Å². The molecule has 0 aliphatic rings. The molecule has 0 rings (SSSR count). The van der Waals surface area contributed by atoms with E-state index in [0.29, 0.717) is 25.9 Å². The molecule has 76 heavy (non-hydrogen) atoms. The zero-order valence-corrected chi connectivity index (χ0v) is 52.0. The second kappa shape index (κ2) is 66.4. The molecule has 0 heterocycles. The van der Waals surface area contributed by atoms with Gasteiger partial charge in [0.2, 0.25) is 5.91 Å². The maximum absolute atomic E-state index is 12.5. The third kappa shape index (κ3) is 62.1. The minimum absolute atomic E-state index is 0.0222.